The summed E-state index contributed by atoms with van der Waals surface area (Å²) in [6, 6.07) is 4.78. The first-order chi connectivity index (χ1) is 8.50. The third-order valence-electron chi connectivity index (χ3n) is 2.50. The van der Waals surface area contributed by atoms with Crippen LogP contribution in [-0.2, 0) is 4.79 Å². The predicted octanol–water partition coefficient (Wildman–Crippen LogP) is 1.19. The fourth-order valence-electron chi connectivity index (χ4n) is 1.66. The molecule has 2 aromatic rings. The van der Waals surface area contributed by atoms with Crippen molar-refractivity contribution < 1.29 is 14.8 Å². The third-order valence-corrected chi connectivity index (χ3v) is 2.50. The number of benzene rings is 1. The van der Waals surface area contributed by atoms with Crippen LogP contribution >= 0.6 is 0 Å². The quantitative estimate of drug-likeness (QED) is 0.447. The van der Waals surface area contributed by atoms with Gasteiger partial charge in [-0.2, -0.15) is 5.06 Å². The van der Waals surface area contributed by atoms with E-state index in [1.807, 2.05) is 0 Å². The van der Waals surface area contributed by atoms with Crippen molar-refractivity contribution in [3.8, 4) is 0 Å². The van der Waals surface area contributed by atoms with Crippen molar-refractivity contribution in [2.45, 2.75) is 6.92 Å². The fraction of sp³-hybridized carbons (Fsp3) is 0.0833. The molecule has 0 saturated carbocycles. The maximum atomic E-state index is 11.9. The number of nitrogens with zero attached hydrogens (tertiary/aromatic N) is 2. The summed E-state index contributed by atoms with van der Waals surface area (Å²) in [7, 11) is 0. The molecule has 18 heavy (non-hydrogen) atoms. The maximum absolute atomic E-state index is 11.9. The van der Waals surface area contributed by atoms with Crippen molar-refractivity contribution in [2.24, 2.45) is 0 Å². The summed E-state index contributed by atoms with van der Waals surface area (Å²) in [4.78, 5) is 26.8. The molecule has 0 fully saturated rings. The first kappa shape index (κ1) is 12.0. The van der Waals surface area contributed by atoms with Gasteiger partial charge in [-0.25, -0.2) is 0 Å². The molecule has 1 aromatic heterocycles. The molecule has 1 heterocycles. The average molecular weight is 245 g/mol. The summed E-state index contributed by atoms with van der Waals surface area (Å²) in [5.74, 6) is -1.59. The number of aromatic nitrogens is 1. The minimum atomic E-state index is -0.826. The molecule has 6 heteroatoms. The summed E-state index contributed by atoms with van der Waals surface area (Å²) in [6.45, 7) is 1.09. The smallest absolute Gasteiger partial charge is 0.285 e. The summed E-state index contributed by atoms with van der Waals surface area (Å²) in [5.41, 5.74) is 6.19. The van der Waals surface area contributed by atoms with Crippen LogP contribution in [0.3, 0.4) is 0 Å². The Morgan fingerprint density at radius 3 is 2.78 bits per heavy atom. The maximum Gasteiger partial charge on any atom is 0.285 e. The Morgan fingerprint density at radius 2 is 2.11 bits per heavy atom. The molecule has 92 valence electrons. The molecule has 1 aromatic carbocycles. The van der Waals surface area contributed by atoms with E-state index in [-0.39, 0.29) is 10.6 Å². The largest absolute Gasteiger partial charge is 0.399 e. The van der Waals surface area contributed by atoms with Crippen LogP contribution in [0.15, 0.2) is 30.6 Å². The molecule has 0 atom stereocenters. The van der Waals surface area contributed by atoms with Gasteiger partial charge in [0.05, 0.1) is 5.56 Å². The van der Waals surface area contributed by atoms with Gasteiger partial charge in [0.25, 0.3) is 5.91 Å². The van der Waals surface area contributed by atoms with Crippen molar-refractivity contribution in [2.75, 3.05) is 5.73 Å². The number of carbonyl (C=O) groups excluding carboxylic acids is 2. The van der Waals surface area contributed by atoms with E-state index in [4.69, 9.17) is 5.73 Å². The van der Waals surface area contributed by atoms with Gasteiger partial charge in [0, 0.05) is 30.4 Å². The van der Waals surface area contributed by atoms with E-state index in [2.05, 4.69) is 4.98 Å². The number of hydroxylamine groups is 2. The standard InChI is InChI=1S/C12H11N3O3/c1-7(16)15(18)12(17)10-5-9(13)4-8-2-3-14-6-11(8)10/h2-6,18H,13H2,1H3. The SMILES string of the molecule is CC(=O)N(O)C(=O)c1cc(N)cc2ccncc12. The fourth-order valence-corrected chi connectivity index (χ4v) is 1.66. The molecule has 0 saturated heterocycles. The normalized spacial score (nSPS) is 10.3. The highest BCUT2D eigenvalue weighted by molar-refractivity contribution is 6.11. The number of nitrogen functional groups attached to an aromatic ring is 1. The molecule has 0 bridgehead atoms. The van der Waals surface area contributed by atoms with Crippen molar-refractivity contribution in [1.82, 2.24) is 10.0 Å². The molecule has 0 aliphatic carbocycles. The van der Waals surface area contributed by atoms with Crippen LogP contribution in [0.2, 0.25) is 0 Å². The van der Waals surface area contributed by atoms with Crippen LogP contribution in [0.5, 0.6) is 0 Å². The summed E-state index contributed by atoms with van der Waals surface area (Å²) >= 11 is 0. The Kier molecular flexibility index (Phi) is 2.95. The first-order valence-corrected chi connectivity index (χ1v) is 5.18. The number of hydrogen-bond donors (Lipinski definition) is 2. The van der Waals surface area contributed by atoms with Gasteiger partial charge in [0.1, 0.15) is 0 Å². The number of nitrogens with two attached hydrogens (primary N) is 1. The number of anilines is 1. The lowest BCUT2D eigenvalue weighted by atomic mass is 10.0. The van der Waals surface area contributed by atoms with Crippen LogP contribution in [0.1, 0.15) is 17.3 Å². The van der Waals surface area contributed by atoms with Gasteiger partial charge < -0.3 is 5.73 Å². The summed E-state index contributed by atoms with van der Waals surface area (Å²) in [6.07, 6.45) is 3.05. The molecule has 2 rings (SSSR count). The zero-order chi connectivity index (χ0) is 13.3. The highest BCUT2D eigenvalue weighted by atomic mass is 16.5. The lowest BCUT2D eigenvalue weighted by molar-refractivity contribution is -0.151. The van der Waals surface area contributed by atoms with Crippen LogP contribution < -0.4 is 5.73 Å². The van der Waals surface area contributed by atoms with Gasteiger partial charge in [-0.3, -0.25) is 19.8 Å². The monoisotopic (exact) mass is 245 g/mol. The molecule has 0 unspecified atom stereocenters. The minimum absolute atomic E-state index is 0.0568. The molecule has 0 aliphatic rings. The van der Waals surface area contributed by atoms with Gasteiger partial charge in [-0.05, 0) is 23.6 Å². The molecule has 0 aliphatic heterocycles. The van der Waals surface area contributed by atoms with Gasteiger partial charge in [0.2, 0.25) is 5.91 Å². The third kappa shape index (κ3) is 2.01. The molecular weight excluding hydrogens is 234 g/mol. The number of imide groups is 1. The Labute approximate surface area is 103 Å². The van der Waals surface area contributed by atoms with Gasteiger partial charge in [-0.15, -0.1) is 0 Å². The van der Waals surface area contributed by atoms with Gasteiger partial charge in [-0.1, -0.05) is 0 Å². The van der Waals surface area contributed by atoms with Crippen molar-refractivity contribution >= 4 is 28.3 Å². The number of hydrogen-bond acceptors (Lipinski definition) is 5. The number of fused-ring (bicyclic) bond motifs is 1. The molecule has 2 amide bonds. The number of pyridine rings is 1. The van der Waals surface area contributed by atoms with E-state index >= 15 is 0 Å². The van der Waals surface area contributed by atoms with E-state index in [0.717, 1.165) is 6.92 Å². The van der Waals surface area contributed by atoms with E-state index < -0.39 is 11.8 Å². The van der Waals surface area contributed by atoms with Gasteiger partial charge in [0.15, 0.2) is 0 Å². The molecule has 6 nitrogen and oxygen atoms in total. The highest BCUT2D eigenvalue weighted by Gasteiger charge is 2.20. The Balaban J connectivity index is 2.63. The highest BCUT2D eigenvalue weighted by Crippen LogP contribution is 2.22. The summed E-state index contributed by atoms with van der Waals surface area (Å²) in [5, 5.41) is 10.7. The number of rotatable bonds is 1. The van der Waals surface area contributed by atoms with Crippen LogP contribution in [-0.4, -0.2) is 27.1 Å². The van der Waals surface area contributed by atoms with E-state index in [1.165, 1.54) is 12.3 Å². The average Bonchev–Trinajstić information content (AvgIpc) is 2.35. The predicted molar refractivity (Wildman–Crippen MR) is 64.8 cm³/mol. The lowest BCUT2D eigenvalue weighted by Crippen LogP contribution is -2.31. The van der Waals surface area contributed by atoms with Crippen molar-refractivity contribution in [3.05, 3.63) is 36.2 Å². The van der Waals surface area contributed by atoms with E-state index in [1.54, 1.807) is 18.3 Å². The topological polar surface area (TPSA) is 96.5 Å². The zero-order valence-corrected chi connectivity index (χ0v) is 9.62. The Bertz CT molecular complexity index is 640. The van der Waals surface area contributed by atoms with E-state index in [0.29, 0.717) is 16.5 Å². The Hall–Kier alpha value is -2.47. The Morgan fingerprint density at radius 1 is 1.39 bits per heavy atom. The second-order valence-corrected chi connectivity index (χ2v) is 3.80. The number of amides is 2. The lowest BCUT2D eigenvalue weighted by Gasteiger charge is -2.12. The zero-order valence-electron chi connectivity index (χ0n) is 9.62. The van der Waals surface area contributed by atoms with Crippen molar-refractivity contribution in [3.63, 3.8) is 0 Å². The van der Waals surface area contributed by atoms with E-state index in [9.17, 15) is 14.8 Å². The van der Waals surface area contributed by atoms with Crippen molar-refractivity contribution in [1.29, 1.82) is 0 Å². The van der Waals surface area contributed by atoms with Crippen LogP contribution in [0.4, 0.5) is 5.69 Å². The van der Waals surface area contributed by atoms with Gasteiger partial charge >= 0.3 is 0 Å². The second-order valence-electron chi connectivity index (χ2n) is 3.80. The number of carbonyl (C=O) groups is 2. The van der Waals surface area contributed by atoms with Crippen LogP contribution in [0, 0.1) is 0 Å². The minimum Gasteiger partial charge on any atom is -0.399 e. The molecular formula is C12H11N3O3. The molecule has 3 N–H and O–H groups in total. The summed E-state index contributed by atoms with van der Waals surface area (Å²) < 4.78 is 0. The first-order valence-electron chi connectivity index (χ1n) is 5.18. The molecule has 0 spiro atoms. The van der Waals surface area contributed by atoms with Crippen LogP contribution in [0.25, 0.3) is 10.8 Å². The second kappa shape index (κ2) is 4.42. The molecule has 0 radical (unpaired) electrons.